The summed E-state index contributed by atoms with van der Waals surface area (Å²) in [5, 5.41) is 11.2. The van der Waals surface area contributed by atoms with Gasteiger partial charge >= 0.3 is 0 Å². The molecule has 0 saturated carbocycles. The summed E-state index contributed by atoms with van der Waals surface area (Å²) in [6.07, 6.45) is 1.65. The summed E-state index contributed by atoms with van der Waals surface area (Å²) >= 11 is 2.84. The monoisotopic (exact) mass is 485 g/mol. The van der Waals surface area contributed by atoms with E-state index in [9.17, 15) is 9.59 Å². The molecule has 174 valence electrons. The number of hydrogen-bond donors (Lipinski definition) is 0. The molecule has 1 aromatic carbocycles. The first-order valence-corrected chi connectivity index (χ1v) is 12.7. The average molecular weight is 486 g/mol. The molecular weight excluding hydrogens is 458 g/mol. The van der Waals surface area contributed by atoms with E-state index in [1.54, 1.807) is 10.4 Å². The van der Waals surface area contributed by atoms with Crippen molar-refractivity contribution in [3.8, 4) is 5.75 Å². The predicted octanol–water partition coefficient (Wildman–Crippen LogP) is 4.06. The van der Waals surface area contributed by atoms with Gasteiger partial charge in [-0.2, -0.15) is 0 Å². The van der Waals surface area contributed by atoms with E-state index in [1.165, 1.54) is 28.2 Å². The number of thiazole rings is 1. The number of benzene rings is 1. The number of likely N-dealkylation sites (tertiary alicyclic amines) is 1. The predicted molar refractivity (Wildman–Crippen MR) is 129 cm³/mol. The summed E-state index contributed by atoms with van der Waals surface area (Å²) in [4.78, 5) is 33.6. The highest BCUT2D eigenvalue weighted by molar-refractivity contribution is 7.13. The lowest BCUT2D eigenvalue weighted by Gasteiger charge is -2.31. The van der Waals surface area contributed by atoms with Crippen molar-refractivity contribution < 1.29 is 14.3 Å². The van der Waals surface area contributed by atoms with E-state index in [-0.39, 0.29) is 24.3 Å². The van der Waals surface area contributed by atoms with Crippen molar-refractivity contribution in [1.29, 1.82) is 0 Å². The first-order valence-electron chi connectivity index (χ1n) is 11.0. The van der Waals surface area contributed by atoms with Crippen LogP contribution in [-0.2, 0) is 4.79 Å². The fourth-order valence-corrected chi connectivity index (χ4v) is 5.37. The van der Waals surface area contributed by atoms with Crippen LogP contribution in [0.15, 0.2) is 29.1 Å². The molecule has 1 aliphatic heterocycles. The Kier molecular flexibility index (Phi) is 7.34. The first kappa shape index (κ1) is 23.3. The molecule has 1 aliphatic rings. The van der Waals surface area contributed by atoms with Crippen molar-refractivity contribution in [2.45, 2.75) is 39.5 Å². The van der Waals surface area contributed by atoms with E-state index in [4.69, 9.17) is 4.74 Å². The zero-order valence-electron chi connectivity index (χ0n) is 19.0. The van der Waals surface area contributed by atoms with Crippen LogP contribution in [0.5, 0.6) is 5.75 Å². The molecule has 3 aromatic rings. The average Bonchev–Trinajstić information content (AvgIpc) is 3.53. The number of ether oxygens (including phenoxy) is 1. The number of carbonyl (C=O) groups is 2. The third kappa shape index (κ3) is 5.39. The molecule has 10 heteroatoms. The van der Waals surface area contributed by atoms with Crippen LogP contribution >= 0.6 is 22.7 Å². The molecule has 0 N–H and O–H groups in total. The second kappa shape index (κ2) is 10.4. The second-order valence-corrected chi connectivity index (χ2v) is 9.73. The molecule has 4 rings (SSSR count). The minimum Gasteiger partial charge on any atom is -0.484 e. The second-order valence-electron chi connectivity index (χ2n) is 8.03. The number of anilines is 1. The van der Waals surface area contributed by atoms with E-state index >= 15 is 0 Å². The Balaban J connectivity index is 1.30. The van der Waals surface area contributed by atoms with Gasteiger partial charge in [-0.25, -0.2) is 4.98 Å². The van der Waals surface area contributed by atoms with Gasteiger partial charge in [0.1, 0.15) is 17.0 Å². The van der Waals surface area contributed by atoms with Crippen molar-refractivity contribution in [3.63, 3.8) is 0 Å². The van der Waals surface area contributed by atoms with Gasteiger partial charge in [-0.3, -0.25) is 14.5 Å². The lowest BCUT2D eigenvalue weighted by molar-refractivity contribution is -0.134. The van der Waals surface area contributed by atoms with Crippen LogP contribution in [0.4, 0.5) is 5.13 Å². The van der Waals surface area contributed by atoms with Crippen molar-refractivity contribution >= 4 is 39.6 Å². The number of carbonyl (C=O) groups excluding carboxylic acids is 2. The minimum atomic E-state index is -0.159. The summed E-state index contributed by atoms with van der Waals surface area (Å²) in [6.45, 7) is 7.86. The number of amides is 2. The number of nitrogens with zero attached hydrogens (tertiary/aromatic N) is 5. The molecule has 0 bridgehead atoms. The molecule has 1 fully saturated rings. The molecule has 3 heterocycles. The Labute approximate surface area is 201 Å². The van der Waals surface area contributed by atoms with Crippen molar-refractivity contribution in [1.82, 2.24) is 20.1 Å². The molecule has 1 saturated heterocycles. The van der Waals surface area contributed by atoms with Crippen LogP contribution in [-0.4, -0.2) is 58.1 Å². The molecule has 0 spiro atoms. The SMILES string of the molecule is CCN(C(=O)c1csc(C2CCN(C(=O)COc3ccc(C)c(C)c3)CC2)n1)c1nncs1. The zero-order valence-corrected chi connectivity index (χ0v) is 20.6. The van der Waals surface area contributed by atoms with Gasteiger partial charge in [-0.05, 0) is 56.9 Å². The van der Waals surface area contributed by atoms with Crippen molar-refractivity contribution in [2.75, 3.05) is 31.1 Å². The molecule has 0 atom stereocenters. The fourth-order valence-electron chi connectivity index (χ4n) is 3.78. The maximum atomic E-state index is 12.9. The largest absolute Gasteiger partial charge is 0.484 e. The lowest BCUT2D eigenvalue weighted by atomic mass is 9.97. The van der Waals surface area contributed by atoms with E-state index in [0.29, 0.717) is 30.5 Å². The Hall–Kier alpha value is -2.85. The Morgan fingerprint density at radius 3 is 2.64 bits per heavy atom. The quantitative estimate of drug-likeness (QED) is 0.501. The summed E-state index contributed by atoms with van der Waals surface area (Å²) in [5.41, 5.74) is 4.39. The summed E-state index contributed by atoms with van der Waals surface area (Å²) in [5.74, 6) is 0.805. The van der Waals surface area contributed by atoms with E-state index in [1.807, 2.05) is 49.3 Å². The fraction of sp³-hybridized carbons (Fsp3) is 0.435. The lowest BCUT2D eigenvalue weighted by Crippen LogP contribution is -2.40. The Bertz CT molecular complexity index is 1110. The van der Waals surface area contributed by atoms with Crippen LogP contribution in [0.1, 0.15) is 52.3 Å². The number of hydrogen-bond acceptors (Lipinski definition) is 8. The Morgan fingerprint density at radius 2 is 1.97 bits per heavy atom. The number of aryl methyl sites for hydroxylation is 2. The molecule has 2 amide bonds. The van der Waals surface area contributed by atoms with E-state index in [2.05, 4.69) is 15.2 Å². The molecule has 2 aromatic heterocycles. The molecule has 0 radical (unpaired) electrons. The normalized spacial score (nSPS) is 14.3. The van der Waals surface area contributed by atoms with Gasteiger partial charge < -0.3 is 9.64 Å². The van der Waals surface area contributed by atoms with Crippen molar-refractivity contribution in [3.05, 3.63) is 50.9 Å². The van der Waals surface area contributed by atoms with Gasteiger partial charge in [0.25, 0.3) is 11.8 Å². The first-order chi connectivity index (χ1) is 16.0. The highest BCUT2D eigenvalue weighted by atomic mass is 32.1. The number of rotatable bonds is 7. The molecule has 0 aliphatic carbocycles. The summed E-state index contributed by atoms with van der Waals surface area (Å²) in [7, 11) is 0. The highest BCUT2D eigenvalue weighted by Gasteiger charge is 2.28. The Morgan fingerprint density at radius 1 is 1.18 bits per heavy atom. The van der Waals surface area contributed by atoms with E-state index < -0.39 is 0 Å². The number of piperidine rings is 1. The summed E-state index contributed by atoms with van der Waals surface area (Å²) in [6, 6.07) is 5.86. The zero-order chi connectivity index (χ0) is 23.4. The number of aromatic nitrogens is 3. The minimum absolute atomic E-state index is 0.00247. The van der Waals surface area contributed by atoms with Gasteiger partial charge in [0, 0.05) is 30.9 Å². The molecule has 8 nitrogen and oxygen atoms in total. The van der Waals surface area contributed by atoms with Gasteiger partial charge in [0.05, 0.1) is 5.01 Å². The molecule has 33 heavy (non-hydrogen) atoms. The van der Waals surface area contributed by atoms with Gasteiger partial charge in [-0.15, -0.1) is 21.5 Å². The third-order valence-electron chi connectivity index (χ3n) is 5.92. The molecule has 0 unspecified atom stereocenters. The van der Waals surface area contributed by atoms with Crippen molar-refractivity contribution in [2.24, 2.45) is 0 Å². The van der Waals surface area contributed by atoms with Crippen LogP contribution < -0.4 is 9.64 Å². The molecular formula is C23H27N5O3S2. The maximum Gasteiger partial charge on any atom is 0.279 e. The third-order valence-corrected chi connectivity index (χ3v) is 7.64. The standard InChI is InChI=1S/C23H27N5O3S2/c1-4-28(23-26-24-14-33-23)22(30)19-13-32-21(25-19)17-7-9-27(10-8-17)20(29)12-31-18-6-5-15(2)16(3)11-18/h5-6,11,13-14,17H,4,7-10,12H2,1-3H3. The summed E-state index contributed by atoms with van der Waals surface area (Å²) < 4.78 is 5.71. The van der Waals surface area contributed by atoms with E-state index in [0.717, 1.165) is 29.2 Å². The topological polar surface area (TPSA) is 88.5 Å². The van der Waals surface area contributed by atoms with Gasteiger partial charge in [-0.1, -0.05) is 17.4 Å². The van der Waals surface area contributed by atoms with Crippen LogP contribution in [0, 0.1) is 13.8 Å². The van der Waals surface area contributed by atoms with Crippen LogP contribution in [0.3, 0.4) is 0 Å². The van der Waals surface area contributed by atoms with Gasteiger partial charge in [0.15, 0.2) is 6.61 Å². The van der Waals surface area contributed by atoms with Crippen LogP contribution in [0.25, 0.3) is 0 Å². The van der Waals surface area contributed by atoms with Gasteiger partial charge in [0.2, 0.25) is 5.13 Å². The smallest absolute Gasteiger partial charge is 0.279 e. The highest BCUT2D eigenvalue weighted by Crippen LogP contribution is 2.31. The maximum absolute atomic E-state index is 12.9. The van der Waals surface area contributed by atoms with Crippen LogP contribution in [0.2, 0.25) is 0 Å².